The summed E-state index contributed by atoms with van der Waals surface area (Å²) in [5.41, 5.74) is 1.25. The predicted molar refractivity (Wildman–Crippen MR) is 58.0 cm³/mol. The average molecular weight is 207 g/mol. The quantitative estimate of drug-likeness (QED) is 0.760. The molecule has 2 unspecified atom stereocenters. The molecule has 4 heteroatoms. The minimum Gasteiger partial charge on any atom is -0.381 e. The molecule has 2 atom stereocenters. The molecule has 0 spiro atoms. The molecule has 3 rings (SSSR count). The molecule has 3 heterocycles. The topological polar surface area (TPSA) is 39.1 Å². The Morgan fingerprint density at radius 1 is 1.53 bits per heavy atom. The van der Waals surface area contributed by atoms with E-state index in [2.05, 4.69) is 22.0 Å². The van der Waals surface area contributed by atoms with Crippen LogP contribution in [-0.2, 0) is 4.74 Å². The Bertz CT molecular complexity index is 355. The summed E-state index contributed by atoms with van der Waals surface area (Å²) in [5.74, 6) is 1.86. The first kappa shape index (κ1) is 9.21. The minimum atomic E-state index is 0.539. The van der Waals surface area contributed by atoms with E-state index >= 15 is 0 Å². The lowest BCUT2D eigenvalue weighted by molar-refractivity contribution is 0.167. The molecule has 0 aliphatic carbocycles. The summed E-state index contributed by atoms with van der Waals surface area (Å²) in [5, 5.41) is 7.90. The number of nitrogens with one attached hydrogen (secondary N) is 1. The SMILES string of the molecule is Cc1cnn2c1NCCC2C1CCOC1. The van der Waals surface area contributed by atoms with Gasteiger partial charge in [0.2, 0.25) is 0 Å². The second-order valence-corrected chi connectivity index (χ2v) is 4.53. The standard InChI is InChI=1S/C11H17N3O/c1-8-6-13-14-10(2-4-12-11(8)14)9-3-5-15-7-9/h6,9-10,12H,2-5,7H2,1H3. The number of aromatic nitrogens is 2. The molecule has 1 aromatic heterocycles. The molecule has 1 fully saturated rings. The first-order valence-electron chi connectivity index (χ1n) is 5.72. The van der Waals surface area contributed by atoms with Crippen molar-refractivity contribution in [3.8, 4) is 0 Å². The number of rotatable bonds is 1. The molecule has 4 nitrogen and oxygen atoms in total. The fourth-order valence-corrected chi connectivity index (χ4v) is 2.67. The van der Waals surface area contributed by atoms with Crippen molar-refractivity contribution in [3.05, 3.63) is 11.8 Å². The van der Waals surface area contributed by atoms with E-state index in [1.807, 2.05) is 6.20 Å². The zero-order valence-electron chi connectivity index (χ0n) is 9.07. The maximum absolute atomic E-state index is 5.47. The fourth-order valence-electron chi connectivity index (χ4n) is 2.67. The van der Waals surface area contributed by atoms with Crippen LogP contribution >= 0.6 is 0 Å². The zero-order valence-corrected chi connectivity index (χ0v) is 9.07. The van der Waals surface area contributed by atoms with E-state index in [0.29, 0.717) is 12.0 Å². The molecule has 1 N–H and O–H groups in total. The van der Waals surface area contributed by atoms with Gasteiger partial charge in [-0.1, -0.05) is 0 Å². The van der Waals surface area contributed by atoms with Crippen LogP contribution in [0, 0.1) is 12.8 Å². The number of nitrogens with zero attached hydrogens (tertiary/aromatic N) is 2. The van der Waals surface area contributed by atoms with Gasteiger partial charge in [0.1, 0.15) is 5.82 Å². The van der Waals surface area contributed by atoms with Crippen LogP contribution < -0.4 is 5.32 Å². The normalized spacial score (nSPS) is 29.9. The molecule has 0 bridgehead atoms. The number of ether oxygens (including phenoxy) is 1. The third-order valence-corrected chi connectivity index (χ3v) is 3.53. The van der Waals surface area contributed by atoms with E-state index in [1.165, 1.54) is 24.2 Å². The molecule has 1 aromatic rings. The average Bonchev–Trinajstić information content (AvgIpc) is 2.88. The molecule has 0 radical (unpaired) electrons. The van der Waals surface area contributed by atoms with Crippen molar-refractivity contribution in [2.24, 2.45) is 5.92 Å². The van der Waals surface area contributed by atoms with Gasteiger partial charge >= 0.3 is 0 Å². The zero-order chi connectivity index (χ0) is 10.3. The van der Waals surface area contributed by atoms with Gasteiger partial charge in [0.15, 0.2) is 0 Å². The molecule has 15 heavy (non-hydrogen) atoms. The summed E-state index contributed by atoms with van der Waals surface area (Å²) in [4.78, 5) is 0. The molecule has 82 valence electrons. The van der Waals surface area contributed by atoms with Crippen LogP contribution in [0.1, 0.15) is 24.4 Å². The number of anilines is 1. The molecule has 0 amide bonds. The fraction of sp³-hybridized carbons (Fsp3) is 0.727. The summed E-state index contributed by atoms with van der Waals surface area (Å²) in [7, 11) is 0. The highest BCUT2D eigenvalue weighted by Gasteiger charge is 2.31. The summed E-state index contributed by atoms with van der Waals surface area (Å²) in [6.07, 6.45) is 4.31. The highest BCUT2D eigenvalue weighted by atomic mass is 16.5. The van der Waals surface area contributed by atoms with Gasteiger partial charge in [-0.3, -0.25) is 0 Å². The van der Waals surface area contributed by atoms with Crippen LogP contribution in [-0.4, -0.2) is 29.5 Å². The van der Waals surface area contributed by atoms with Crippen molar-refractivity contribution in [2.75, 3.05) is 25.1 Å². The highest BCUT2D eigenvalue weighted by molar-refractivity contribution is 5.44. The number of fused-ring (bicyclic) bond motifs is 1. The third kappa shape index (κ3) is 1.44. The van der Waals surface area contributed by atoms with E-state index in [1.54, 1.807) is 0 Å². The molecule has 2 aliphatic heterocycles. The van der Waals surface area contributed by atoms with E-state index in [-0.39, 0.29) is 0 Å². The van der Waals surface area contributed by atoms with Crippen molar-refractivity contribution >= 4 is 5.82 Å². The summed E-state index contributed by atoms with van der Waals surface area (Å²) < 4.78 is 7.64. The van der Waals surface area contributed by atoms with E-state index in [9.17, 15) is 0 Å². The van der Waals surface area contributed by atoms with Crippen LogP contribution in [0.15, 0.2) is 6.20 Å². The van der Waals surface area contributed by atoms with Crippen molar-refractivity contribution in [3.63, 3.8) is 0 Å². The Hall–Kier alpha value is -1.03. The third-order valence-electron chi connectivity index (χ3n) is 3.53. The monoisotopic (exact) mass is 207 g/mol. The van der Waals surface area contributed by atoms with Gasteiger partial charge in [-0.05, 0) is 19.8 Å². The highest BCUT2D eigenvalue weighted by Crippen LogP contribution is 2.34. The van der Waals surface area contributed by atoms with Gasteiger partial charge < -0.3 is 10.1 Å². The van der Waals surface area contributed by atoms with E-state index in [0.717, 1.165) is 19.8 Å². The Labute approximate surface area is 89.6 Å². The Morgan fingerprint density at radius 3 is 3.27 bits per heavy atom. The van der Waals surface area contributed by atoms with Crippen molar-refractivity contribution in [1.82, 2.24) is 9.78 Å². The molecule has 2 aliphatic rings. The molecular formula is C11H17N3O. The van der Waals surface area contributed by atoms with Gasteiger partial charge in [0.25, 0.3) is 0 Å². The maximum Gasteiger partial charge on any atom is 0.127 e. The second kappa shape index (κ2) is 3.52. The van der Waals surface area contributed by atoms with Crippen molar-refractivity contribution < 1.29 is 4.74 Å². The van der Waals surface area contributed by atoms with Crippen LogP contribution in [0.5, 0.6) is 0 Å². The summed E-state index contributed by atoms with van der Waals surface area (Å²) >= 11 is 0. The van der Waals surface area contributed by atoms with Gasteiger partial charge in [0, 0.05) is 24.6 Å². The van der Waals surface area contributed by atoms with E-state index < -0.39 is 0 Å². The number of hydrogen-bond donors (Lipinski definition) is 1. The Kier molecular flexibility index (Phi) is 2.16. The minimum absolute atomic E-state index is 0.539. The smallest absolute Gasteiger partial charge is 0.127 e. The Morgan fingerprint density at radius 2 is 2.47 bits per heavy atom. The lowest BCUT2D eigenvalue weighted by Crippen LogP contribution is -2.29. The second-order valence-electron chi connectivity index (χ2n) is 4.53. The Balaban J connectivity index is 1.91. The van der Waals surface area contributed by atoms with E-state index in [4.69, 9.17) is 4.74 Å². The molecule has 0 saturated carbocycles. The van der Waals surface area contributed by atoms with Crippen LogP contribution in [0.25, 0.3) is 0 Å². The van der Waals surface area contributed by atoms with Crippen molar-refractivity contribution in [1.29, 1.82) is 0 Å². The maximum atomic E-state index is 5.47. The lowest BCUT2D eigenvalue weighted by atomic mass is 9.95. The van der Waals surface area contributed by atoms with Crippen LogP contribution in [0.3, 0.4) is 0 Å². The van der Waals surface area contributed by atoms with Crippen LogP contribution in [0.4, 0.5) is 5.82 Å². The molecule has 0 aromatic carbocycles. The van der Waals surface area contributed by atoms with Gasteiger partial charge in [-0.2, -0.15) is 5.10 Å². The lowest BCUT2D eigenvalue weighted by Gasteiger charge is -2.29. The predicted octanol–water partition coefficient (Wildman–Crippen LogP) is 1.58. The first-order chi connectivity index (χ1) is 7.36. The number of hydrogen-bond acceptors (Lipinski definition) is 3. The van der Waals surface area contributed by atoms with Crippen molar-refractivity contribution in [2.45, 2.75) is 25.8 Å². The number of aryl methyl sites for hydroxylation is 1. The summed E-state index contributed by atoms with van der Waals surface area (Å²) in [6, 6.07) is 0.539. The molecular weight excluding hydrogens is 190 g/mol. The van der Waals surface area contributed by atoms with Gasteiger partial charge in [-0.25, -0.2) is 4.68 Å². The molecule has 1 saturated heterocycles. The van der Waals surface area contributed by atoms with Crippen LogP contribution in [0.2, 0.25) is 0 Å². The first-order valence-corrected chi connectivity index (χ1v) is 5.72. The van der Waals surface area contributed by atoms with Gasteiger partial charge in [0.05, 0.1) is 18.8 Å². The van der Waals surface area contributed by atoms with Gasteiger partial charge in [-0.15, -0.1) is 0 Å². The largest absolute Gasteiger partial charge is 0.381 e. The summed E-state index contributed by atoms with van der Waals surface area (Å²) in [6.45, 7) is 5.00.